The lowest BCUT2D eigenvalue weighted by atomic mass is 10.1. The number of nitrogens with zero attached hydrogens (tertiary/aromatic N) is 1. The van der Waals surface area contributed by atoms with Crippen molar-refractivity contribution in [2.75, 3.05) is 25.2 Å². The predicted molar refractivity (Wildman–Crippen MR) is 70.2 cm³/mol. The van der Waals surface area contributed by atoms with Crippen molar-refractivity contribution >= 4 is 15.6 Å². The Morgan fingerprint density at radius 1 is 1.58 bits per heavy atom. The van der Waals surface area contributed by atoms with Gasteiger partial charge in [0.2, 0.25) is 0 Å². The van der Waals surface area contributed by atoms with Crippen molar-refractivity contribution in [2.24, 2.45) is 0 Å². The van der Waals surface area contributed by atoms with Gasteiger partial charge in [0.25, 0.3) is 0 Å². The maximum Gasteiger partial charge on any atom is 0.186 e. The Hall–Kier alpha value is -1.47. The summed E-state index contributed by atoms with van der Waals surface area (Å²) in [7, 11) is -1.57. The number of methoxy groups -OCH3 is 1. The Morgan fingerprint density at radius 3 is 3.05 bits per heavy atom. The molecule has 19 heavy (non-hydrogen) atoms. The Labute approximate surface area is 112 Å². The predicted octanol–water partition coefficient (Wildman–Crippen LogP) is 0.0496. The Balaban J connectivity index is 2.09. The van der Waals surface area contributed by atoms with Crippen LogP contribution in [0.5, 0.6) is 5.75 Å². The number of carbonyl (C=O) groups excluding carboxylic acids is 1. The zero-order valence-electron chi connectivity index (χ0n) is 10.6. The lowest BCUT2D eigenvalue weighted by molar-refractivity contribution is 0.0963. The van der Waals surface area contributed by atoms with E-state index in [1.807, 2.05) is 0 Å². The molecular formula is C12H16N2O4S. The number of rotatable bonds is 4. The lowest BCUT2D eigenvalue weighted by Crippen LogP contribution is -2.46. The molecule has 0 aromatic carbocycles. The van der Waals surface area contributed by atoms with Crippen molar-refractivity contribution in [1.82, 2.24) is 10.3 Å². The fraction of sp³-hybridized carbons (Fsp3) is 0.500. The van der Waals surface area contributed by atoms with Crippen LogP contribution in [0.1, 0.15) is 16.9 Å². The molecule has 7 heteroatoms. The van der Waals surface area contributed by atoms with Crippen LogP contribution in [0.15, 0.2) is 18.3 Å². The maximum absolute atomic E-state index is 12.1. The van der Waals surface area contributed by atoms with Crippen LogP contribution in [0.4, 0.5) is 0 Å². The maximum atomic E-state index is 12.1. The second-order valence-corrected chi connectivity index (χ2v) is 6.68. The van der Waals surface area contributed by atoms with Crippen LogP contribution in [0.3, 0.4) is 0 Å². The molecule has 1 aromatic heterocycles. The van der Waals surface area contributed by atoms with Crippen LogP contribution in [0.2, 0.25) is 0 Å². The molecule has 1 N–H and O–H groups in total. The Bertz CT molecular complexity index is 571. The fourth-order valence-corrected chi connectivity index (χ4v) is 3.53. The smallest absolute Gasteiger partial charge is 0.186 e. The number of Topliss-reactive ketones (excluding diaryl/α,β-unsaturated/α-hetero) is 1. The van der Waals surface area contributed by atoms with Crippen molar-refractivity contribution in [3.63, 3.8) is 0 Å². The van der Waals surface area contributed by atoms with E-state index in [4.69, 9.17) is 4.74 Å². The van der Waals surface area contributed by atoms with Crippen molar-refractivity contribution in [3.8, 4) is 5.75 Å². The van der Waals surface area contributed by atoms with Crippen LogP contribution in [0.25, 0.3) is 0 Å². The van der Waals surface area contributed by atoms with E-state index in [1.54, 1.807) is 12.1 Å². The average molecular weight is 284 g/mol. The number of ketones is 1. The number of hydrogen-bond acceptors (Lipinski definition) is 6. The third-order valence-electron chi connectivity index (χ3n) is 2.99. The number of nitrogens with one attached hydrogen (secondary N) is 1. The van der Waals surface area contributed by atoms with Crippen LogP contribution in [-0.4, -0.2) is 50.4 Å². The molecule has 104 valence electrons. The van der Waals surface area contributed by atoms with Crippen LogP contribution in [0, 0.1) is 0 Å². The minimum Gasteiger partial charge on any atom is -0.494 e. The quantitative estimate of drug-likeness (QED) is 0.786. The summed E-state index contributed by atoms with van der Waals surface area (Å²) in [6, 6.07) is 2.99. The van der Waals surface area contributed by atoms with Crippen molar-refractivity contribution in [2.45, 2.75) is 12.5 Å². The highest BCUT2D eigenvalue weighted by Gasteiger charge is 2.27. The second kappa shape index (κ2) is 5.66. The fourth-order valence-electron chi connectivity index (χ4n) is 2.08. The third kappa shape index (κ3) is 3.51. The van der Waals surface area contributed by atoms with Crippen molar-refractivity contribution in [3.05, 3.63) is 24.0 Å². The zero-order chi connectivity index (χ0) is 13.9. The SMILES string of the molecule is COc1cccnc1C(=O)CC1CS(=O)(=O)CCN1. The molecule has 0 spiro atoms. The minimum absolute atomic E-state index is 0.00606. The molecule has 1 aliphatic heterocycles. The summed E-state index contributed by atoms with van der Waals surface area (Å²) in [5.41, 5.74) is 0.245. The minimum atomic E-state index is -3.04. The number of sulfone groups is 1. The molecule has 2 heterocycles. The van der Waals surface area contributed by atoms with Gasteiger partial charge in [-0.3, -0.25) is 4.79 Å². The summed E-state index contributed by atoms with van der Waals surface area (Å²) in [6.45, 7) is 0.389. The van der Waals surface area contributed by atoms with E-state index in [0.29, 0.717) is 12.3 Å². The molecule has 0 radical (unpaired) electrons. The summed E-state index contributed by atoms with van der Waals surface area (Å²) in [4.78, 5) is 16.1. The van der Waals surface area contributed by atoms with Gasteiger partial charge in [0, 0.05) is 25.2 Å². The number of hydrogen-bond donors (Lipinski definition) is 1. The van der Waals surface area contributed by atoms with Gasteiger partial charge in [-0.05, 0) is 12.1 Å². The van der Waals surface area contributed by atoms with E-state index in [2.05, 4.69) is 10.3 Å². The third-order valence-corrected chi connectivity index (χ3v) is 4.72. The summed E-state index contributed by atoms with van der Waals surface area (Å²) in [5, 5.41) is 3.04. The molecule has 6 nitrogen and oxygen atoms in total. The molecule has 1 saturated heterocycles. The molecule has 1 unspecified atom stereocenters. The first-order valence-electron chi connectivity index (χ1n) is 5.98. The summed E-state index contributed by atoms with van der Waals surface area (Å²) in [5.74, 6) is 0.316. The average Bonchev–Trinajstić information content (AvgIpc) is 2.37. The highest BCUT2D eigenvalue weighted by Crippen LogP contribution is 2.18. The Kier molecular flexibility index (Phi) is 4.16. The van der Waals surface area contributed by atoms with Crippen LogP contribution in [-0.2, 0) is 9.84 Å². The van der Waals surface area contributed by atoms with Crippen LogP contribution >= 0.6 is 0 Å². The first kappa shape index (κ1) is 14.0. The monoisotopic (exact) mass is 284 g/mol. The Morgan fingerprint density at radius 2 is 2.37 bits per heavy atom. The van der Waals surface area contributed by atoms with E-state index in [1.165, 1.54) is 13.3 Å². The lowest BCUT2D eigenvalue weighted by Gasteiger charge is -2.23. The van der Waals surface area contributed by atoms with Gasteiger partial charge < -0.3 is 10.1 Å². The van der Waals surface area contributed by atoms with Gasteiger partial charge in [-0.2, -0.15) is 0 Å². The van der Waals surface area contributed by atoms with Gasteiger partial charge in [-0.25, -0.2) is 13.4 Å². The molecule has 1 atom stereocenters. The molecule has 0 amide bonds. The van der Waals surface area contributed by atoms with Crippen molar-refractivity contribution in [1.29, 1.82) is 0 Å². The largest absolute Gasteiger partial charge is 0.494 e. The molecule has 1 aliphatic rings. The number of pyridine rings is 1. The molecule has 0 bridgehead atoms. The standard InChI is InChI=1S/C12H16N2O4S/c1-18-11-3-2-4-14-12(11)10(15)7-9-8-19(16,17)6-5-13-9/h2-4,9,13H,5-8H2,1H3. The highest BCUT2D eigenvalue weighted by atomic mass is 32.2. The second-order valence-electron chi connectivity index (χ2n) is 4.45. The van der Waals surface area contributed by atoms with Gasteiger partial charge in [0.15, 0.2) is 15.6 Å². The zero-order valence-corrected chi connectivity index (χ0v) is 11.4. The first-order chi connectivity index (χ1) is 9.02. The molecule has 1 aromatic rings. The summed E-state index contributed by atoms with van der Waals surface area (Å²) < 4.78 is 28.1. The van der Waals surface area contributed by atoms with Gasteiger partial charge in [-0.15, -0.1) is 0 Å². The van der Waals surface area contributed by atoms with E-state index in [-0.39, 0.29) is 35.4 Å². The number of ether oxygens (including phenoxy) is 1. The van der Waals surface area contributed by atoms with E-state index in [9.17, 15) is 13.2 Å². The van der Waals surface area contributed by atoms with Gasteiger partial charge in [-0.1, -0.05) is 0 Å². The first-order valence-corrected chi connectivity index (χ1v) is 7.80. The molecule has 0 saturated carbocycles. The van der Waals surface area contributed by atoms with E-state index >= 15 is 0 Å². The topological polar surface area (TPSA) is 85.4 Å². The van der Waals surface area contributed by atoms with E-state index < -0.39 is 9.84 Å². The molecule has 1 fully saturated rings. The van der Waals surface area contributed by atoms with Gasteiger partial charge >= 0.3 is 0 Å². The molecular weight excluding hydrogens is 268 g/mol. The van der Waals surface area contributed by atoms with Gasteiger partial charge in [0.1, 0.15) is 11.4 Å². The highest BCUT2D eigenvalue weighted by molar-refractivity contribution is 7.91. The summed E-state index contributed by atoms with van der Waals surface area (Å²) in [6.07, 6.45) is 1.62. The van der Waals surface area contributed by atoms with Crippen LogP contribution < -0.4 is 10.1 Å². The van der Waals surface area contributed by atoms with E-state index in [0.717, 1.165) is 0 Å². The van der Waals surface area contributed by atoms with Crippen molar-refractivity contribution < 1.29 is 17.9 Å². The number of carbonyl (C=O) groups is 1. The van der Waals surface area contributed by atoms with Gasteiger partial charge in [0.05, 0.1) is 18.6 Å². The molecule has 0 aliphatic carbocycles. The molecule has 2 rings (SSSR count). The normalized spacial score (nSPS) is 21.8. The number of aromatic nitrogens is 1. The summed E-state index contributed by atoms with van der Waals surface area (Å²) >= 11 is 0.